The van der Waals surface area contributed by atoms with Gasteiger partial charge in [0.1, 0.15) is 0 Å². The van der Waals surface area contributed by atoms with Crippen molar-refractivity contribution in [2.75, 3.05) is 31.6 Å². The Morgan fingerprint density at radius 1 is 1.55 bits per heavy atom. The van der Waals surface area contributed by atoms with Crippen molar-refractivity contribution in [1.82, 2.24) is 15.2 Å². The molecule has 22 heavy (non-hydrogen) atoms. The van der Waals surface area contributed by atoms with Crippen molar-refractivity contribution in [3.63, 3.8) is 0 Å². The minimum Gasteiger partial charge on any atom is -0.356 e. The highest BCUT2D eigenvalue weighted by Gasteiger charge is 2.30. The zero-order valence-corrected chi connectivity index (χ0v) is 14.7. The molecule has 124 valence electrons. The molecule has 0 aliphatic carbocycles. The van der Waals surface area contributed by atoms with Gasteiger partial charge in [-0.05, 0) is 20.4 Å². The average Bonchev–Trinajstić information content (AvgIpc) is 3.02. The first-order valence-electron chi connectivity index (χ1n) is 7.44. The van der Waals surface area contributed by atoms with Crippen LogP contribution in [0.4, 0.5) is 0 Å². The molecule has 0 radical (unpaired) electrons. The molecular weight excluding hydrogens is 322 g/mol. The minimum atomic E-state index is -2.87. The van der Waals surface area contributed by atoms with Crippen LogP contribution in [0.5, 0.6) is 0 Å². The van der Waals surface area contributed by atoms with E-state index in [2.05, 4.69) is 10.3 Å². The molecule has 2 heterocycles. The molecule has 1 unspecified atom stereocenters. The number of nitrogens with zero attached hydrogens (tertiary/aromatic N) is 2. The molecule has 1 aromatic rings. The number of sulfone groups is 1. The highest BCUT2D eigenvalue weighted by atomic mass is 32.2. The molecule has 0 aromatic carbocycles. The third-order valence-corrected chi connectivity index (χ3v) is 6.63. The third-order valence-electron chi connectivity index (χ3n) is 3.85. The number of nitrogens with one attached hydrogen (secondary N) is 1. The van der Waals surface area contributed by atoms with Crippen molar-refractivity contribution >= 4 is 27.1 Å². The molecule has 1 aliphatic heterocycles. The second kappa shape index (κ2) is 7.52. The van der Waals surface area contributed by atoms with Crippen molar-refractivity contribution in [1.29, 1.82) is 0 Å². The van der Waals surface area contributed by atoms with Gasteiger partial charge in [0.05, 0.1) is 16.5 Å². The number of aromatic nitrogens is 1. The summed E-state index contributed by atoms with van der Waals surface area (Å²) in [6.45, 7) is 3.13. The zero-order valence-electron chi connectivity index (χ0n) is 13.0. The Morgan fingerprint density at radius 2 is 2.32 bits per heavy atom. The number of thiazole rings is 1. The van der Waals surface area contributed by atoms with Crippen molar-refractivity contribution in [3.8, 4) is 0 Å². The maximum atomic E-state index is 11.8. The molecule has 0 saturated carbocycles. The van der Waals surface area contributed by atoms with E-state index in [1.807, 2.05) is 24.3 Å². The predicted molar refractivity (Wildman–Crippen MR) is 87.9 cm³/mol. The van der Waals surface area contributed by atoms with E-state index >= 15 is 0 Å². The van der Waals surface area contributed by atoms with Crippen LogP contribution in [-0.2, 0) is 21.1 Å². The molecule has 1 saturated heterocycles. The van der Waals surface area contributed by atoms with Gasteiger partial charge in [0.25, 0.3) is 0 Å². The quantitative estimate of drug-likeness (QED) is 0.784. The number of hydrogen-bond donors (Lipinski definition) is 1. The lowest BCUT2D eigenvalue weighted by molar-refractivity contribution is -0.121. The first-order chi connectivity index (χ1) is 10.4. The van der Waals surface area contributed by atoms with Crippen LogP contribution in [0, 0.1) is 6.92 Å². The van der Waals surface area contributed by atoms with Crippen molar-refractivity contribution in [2.45, 2.75) is 32.2 Å². The summed E-state index contributed by atoms with van der Waals surface area (Å²) in [5.41, 5.74) is 1.01. The molecule has 2 rings (SSSR count). The molecule has 1 aromatic heterocycles. The van der Waals surface area contributed by atoms with Gasteiger partial charge in [0.15, 0.2) is 9.84 Å². The van der Waals surface area contributed by atoms with Crippen molar-refractivity contribution in [3.05, 3.63) is 16.1 Å². The fourth-order valence-electron chi connectivity index (χ4n) is 2.50. The molecular formula is C14H23N3O3S2. The first-order valence-corrected chi connectivity index (χ1v) is 10.1. The van der Waals surface area contributed by atoms with Gasteiger partial charge in [-0.3, -0.25) is 4.79 Å². The molecule has 1 amide bonds. The normalized spacial score (nSPS) is 20.4. The predicted octanol–water partition coefficient (Wildman–Crippen LogP) is 0.619. The largest absolute Gasteiger partial charge is 0.356 e. The molecule has 1 N–H and O–H groups in total. The Kier molecular flexibility index (Phi) is 5.94. The summed E-state index contributed by atoms with van der Waals surface area (Å²) in [6.07, 6.45) is 1.81. The molecule has 1 aliphatic rings. The van der Waals surface area contributed by atoms with Crippen LogP contribution in [0.15, 0.2) is 5.38 Å². The van der Waals surface area contributed by atoms with Crippen LogP contribution in [0.1, 0.15) is 23.5 Å². The van der Waals surface area contributed by atoms with Crippen LogP contribution in [0.25, 0.3) is 0 Å². The van der Waals surface area contributed by atoms with Crippen LogP contribution in [0.2, 0.25) is 0 Å². The van der Waals surface area contributed by atoms with E-state index in [4.69, 9.17) is 0 Å². The van der Waals surface area contributed by atoms with Gasteiger partial charge in [-0.25, -0.2) is 13.4 Å². The van der Waals surface area contributed by atoms with E-state index in [1.165, 1.54) is 0 Å². The lowest BCUT2D eigenvalue weighted by Crippen LogP contribution is -2.36. The Bertz CT molecular complexity index is 613. The SMILES string of the molecule is Cc1csc(CCNC(=O)CCN(C)C2CCS(=O)(=O)C2)n1. The van der Waals surface area contributed by atoms with Crippen LogP contribution < -0.4 is 5.32 Å². The molecule has 1 atom stereocenters. The highest BCUT2D eigenvalue weighted by molar-refractivity contribution is 7.91. The van der Waals surface area contributed by atoms with Crippen molar-refractivity contribution in [2.24, 2.45) is 0 Å². The van der Waals surface area contributed by atoms with Gasteiger partial charge in [-0.15, -0.1) is 11.3 Å². The fourth-order valence-corrected chi connectivity index (χ4v) is 5.08. The van der Waals surface area contributed by atoms with E-state index in [0.29, 0.717) is 25.9 Å². The Labute approximate surface area is 135 Å². The van der Waals surface area contributed by atoms with Crippen LogP contribution >= 0.6 is 11.3 Å². The van der Waals surface area contributed by atoms with Gasteiger partial charge >= 0.3 is 0 Å². The first kappa shape index (κ1) is 17.4. The smallest absolute Gasteiger partial charge is 0.221 e. The molecule has 0 spiro atoms. The summed E-state index contributed by atoms with van der Waals surface area (Å²) in [6, 6.07) is 0.0519. The third kappa shape index (κ3) is 5.33. The summed E-state index contributed by atoms with van der Waals surface area (Å²) in [5, 5.41) is 5.92. The molecule has 0 bridgehead atoms. The number of carbonyl (C=O) groups excluding carboxylic acids is 1. The summed E-state index contributed by atoms with van der Waals surface area (Å²) in [5.74, 6) is 0.483. The number of rotatable bonds is 7. The Morgan fingerprint density at radius 3 is 2.91 bits per heavy atom. The lowest BCUT2D eigenvalue weighted by Gasteiger charge is -2.22. The van der Waals surface area contributed by atoms with E-state index in [-0.39, 0.29) is 23.5 Å². The van der Waals surface area contributed by atoms with Crippen molar-refractivity contribution < 1.29 is 13.2 Å². The van der Waals surface area contributed by atoms with Gasteiger partial charge < -0.3 is 10.2 Å². The summed E-state index contributed by atoms with van der Waals surface area (Å²) < 4.78 is 22.9. The highest BCUT2D eigenvalue weighted by Crippen LogP contribution is 2.16. The monoisotopic (exact) mass is 345 g/mol. The number of carbonyl (C=O) groups is 1. The van der Waals surface area contributed by atoms with Gasteiger partial charge in [0.2, 0.25) is 5.91 Å². The molecule has 1 fully saturated rings. The number of amides is 1. The molecule has 6 nitrogen and oxygen atoms in total. The second-order valence-corrected chi connectivity index (χ2v) is 8.94. The van der Waals surface area contributed by atoms with E-state index in [0.717, 1.165) is 17.1 Å². The van der Waals surface area contributed by atoms with E-state index in [9.17, 15) is 13.2 Å². The summed E-state index contributed by atoms with van der Waals surface area (Å²) in [7, 11) is -0.984. The van der Waals surface area contributed by atoms with Crippen LogP contribution in [-0.4, -0.2) is 61.9 Å². The summed E-state index contributed by atoms with van der Waals surface area (Å²) >= 11 is 1.61. The van der Waals surface area contributed by atoms with Gasteiger partial charge in [-0.1, -0.05) is 0 Å². The topological polar surface area (TPSA) is 79.4 Å². The van der Waals surface area contributed by atoms with Crippen LogP contribution in [0.3, 0.4) is 0 Å². The minimum absolute atomic E-state index is 0.000909. The fraction of sp³-hybridized carbons (Fsp3) is 0.714. The Hall–Kier alpha value is -0.990. The zero-order chi connectivity index (χ0) is 16.2. The second-order valence-electron chi connectivity index (χ2n) is 5.77. The van der Waals surface area contributed by atoms with E-state index < -0.39 is 9.84 Å². The summed E-state index contributed by atoms with van der Waals surface area (Å²) in [4.78, 5) is 18.1. The maximum absolute atomic E-state index is 11.8. The van der Waals surface area contributed by atoms with Gasteiger partial charge in [-0.2, -0.15) is 0 Å². The molecule has 8 heteroatoms. The number of aryl methyl sites for hydroxylation is 1. The Balaban J connectivity index is 1.63. The lowest BCUT2D eigenvalue weighted by atomic mass is 10.2. The van der Waals surface area contributed by atoms with Gasteiger partial charge in [0, 0.05) is 43.0 Å². The average molecular weight is 345 g/mol. The van der Waals surface area contributed by atoms with E-state index in [1.54, 1.807) is 11.3 Å². The standard InChI is InChI=1S/C14H23N3O3S2/c1-11-9-21-14(16-11)3-6-15-13(18)4-7-17(2)12-5-8-22(19,20)10-12/h9,12H,3-8,10H2,1-2H3,(H,15,18). The number of hydrogen-bond acceptors (Lipinski definition) is 6. The maximum Gasteiger partial charge on any atom is 0.221 e.